The molecule has 1 aromatic heterocycles. The van der Waals surface area contributed by atoms with Gasteiger partial charge in [0.2, 0.25) is 0 Å². The Morgan fingerprint density at radius 3 is 2.43 bits per heavy atom. The van der Waals surface area contributed by atoms with Crippen molar-refractivity contribution in [3.63, 3.8) is 0 Å². The van der Waals surface area contributed by atoms with Crippen LogP contribution in [0.3, 0.4) is 0 Å². The van der Waals surface area contributed by atoms with Gasteiger partial charge in [-0.2, -0.15) is 0 Å². The highest BCUT2D eigenvalue weighted by Crippen LogP contribution is 2.23. The molecule has 0 bridgehead atoms. The van der Waals surface area contributed by atoms with Crippen molar-refractivity contribution in [2.24, 2.45) is 0 Å². The molecule has 1 amide bonds. The average molecular weight is 290 g/mol. The standard InChI is InChI=1S/C15H18N2O4/c1-8(14-9(2)17-21-10(14)3)7-16-15(20)11-4-12(18)6-13(19)5-11/h4-6,8,18-19H,7H2,1-3H3,(H,16,20)/t8-/m0/s1. The summed E-state index contributed by atoms with van der Waals surface area (Å²) in [7, 11) is 0. The van der Waals surface area contributed by atoms with Crippen molar-refractivity contribution in [2.45, 2.75) is 26.7 Å². The lowest BCUT2D eigenvalue weighted by atomic mass is 9.99. The minimum Gasteiger partial charge on any atom is -0.508 e. The van der Waals surface area contributed by atoms with E-state index in [1.165, 1.54) is 18.2 Å². The van der Waals surface area contributed by atoms with Gasteiger partial charge >= 0.3 is 0 Å². The lowest BCUT2D eigenvalue weighted by Gasteiger charge is -2.12. The number of benzene rings is 1. The van der Waals surface area contributed by atoms with Crippen LogP contribution in [0.4, 0.5) is 0 Å². The van der Waals surface area contributed by atoms with E-state index in [9.17, 15) is 15.0 Å². The molecular formula is C15H18N2O4. The predicted octanol–water partition coefficient (Wildman–Crippen LogP) is 2.24. The summed E-state index contributed by atoms with van der Waals surface area (Å²) in [4.78, 5) is 12.0. The first-order valence-corrected chi connectivity index (χ1v) is 6.62. The highest BCUT2D eigenvalue weighted by molar-refractivity contribution is 5.95. The van der Waals surface area contributed by atoms with Crippen LogP contribution >= 0.6 is 0 Å². The zero-order chi connectivity index (χ0) is 15.6. The molecule has 0 spiro atoms. The van der Waals surface area contributed by atoms with E-state index < -0.39 is 0 Å². The molecule has 0 unspecified atom stereocenters. The number of carbonyl (C=O) groups is 1. The van der Waals surface area contributed by atoms with E-state index in [0.29, 0.717) is 6.54 Å². The van der Waals surface area contributed by atoms with Gasteiger partial charge in [-0.25, -0.2) is 0 Å². The first kappa shape index (κ1) is 14.9. The van der Waals surface area contributed by atoms with Crippen molar-refractivity contribution in [3.05, 3.63) is 40.8 Å². The van der Waals surface area contributed by atoms with Crippen molar-refractivity contribution in [3.8, 4) is 11.5 Å². The van der Waals surface area contributed by atoms with Gasteiger partial charge in [0.1, 0.15) is 17.3 Å². The Balaban J connectivity index is 2.04. The Morgan fingerprint density at radius 2 is 1.90 bits per heavy atom. The number of phenolic OH excluding ortho intramolecular Hbond substituents is 2. The molecule has 1 aromatic carbocycles. The van der Waals surface area contributed by atoms with E-state index in [4.69, 9.17) is 4.52 Å². The third-order valence-corrected chi connectivity index (χ3v) is 3.31. The van der Waals surface area contributed by atoms with Gasteiger partial charge in [0.05, 0.1) is 5.69 Å². The molecule has 3 N–H and O–H groups in total. The smallest absolute Gasteiger partial charge is 0.251 e. The zero-order valence-electron chi connectivity index (χ0n) is 12.2. The van der Waals surface area contributed by atoms with Crippen molar-refractivity contribution in [2.75, 3.05) is 6.54 Å². The van der Waals surface area contributed by atoms with Crippen molar-refractivity contribution in [1.82, 2.24) is 10.5 Å². The van der Waals surface area contributed by atoms with Crippen LogP contribution in [0, 0.1) is 13.8 Å². The summed E-state index contributed by atoms with van der Waals surface area (Å²) in [5, 5.41) is 25.4. The van der Waals surface area contributed by atoms with Crippen molar-refractivity contribution in [1.29, 1.82) is 0 Å². The van der Waals surface area contributed by atoms with Gasteiger partial charge in [0.15, 0.2) is 0 Å². The number of hydrogen-bond acceptors (Lipinski definition) is 5. The Hall–Kier alpha value is -2.50. The first-order valence-electron chi connectivity index (χ1n) is 6.62. The number of carbonyl (C=O) groups excluding carboxylic acids is 1. The largest absolute Gasteiger partial charge is 0.508 e. The molecule has 2 rings (SSSR count). The van der Waals surface area contributed by atoms with Gasteiger partial charge in [-0.15, -0.1) is 0 Å². The second-order valence-corrected chi connectivity index (χ2v) is 5.09. The summed E-state index contributed by atoms with van der Waals surface area (Å²) in [6.07, 6.45) is 0. The second kappa shape index (κ2) is 5.87. The van der Waals surface area contributed by atoms with E-state index in [1.54, 1.807) is 0 Å². The minimum atomic E-state index is -0.361. The number of aromatic nitrogens is 1. The van der Waals surface area contributed by atoms with E-state index in [2.05, 4.69) is 10.5 Å². The number of rotatable bonds is 4. The topological polar surface area (TPSA) is 95.6 Å². The molecule has 0 aliphatic rings. The summed E-state index contributed by atoms with van der Waals surface area (Å²) in [5.41, 5.74) is 2.00. The monoisotopic (exact) mass is 290 g/mol. The quantitative estimate of drug-likeness (QED) is 0.802. The number of amides is 1. The number of nitrogens with one attached hydrogen (secondary N) is 1. The van der Waals surface area contributed by atoms with E-state index in [-0.39, 0.29) is 28.9 Å². The van der Waals surface area contributed by atoms with Gasteiger partial charge in [-0.05, 0) is 26.0 Å². The molecule has 1 atom stereocenters. The number of aryl methyl sites for hydroxylation is 2. The van der Waals surface area contributed by atoms with Crippen LogP contribution in [0.15, 0.2) is 22.7 Å². The summed E-state index contributed by atoms with van der Waals surface area (Å²) in [6.45, 7) is 6.06. The lowest BCUT2D eigenvalue weighted by Crippen LogP contribution is -2.27. The van der Waals surface area contributed by atoms with Crippen LogP contribution in [0.2, 0.25) is 0 Å². The fourth-order valence-electron chi connectivity index (χ4n) is 2.37. The molecule has 0 saturated heterocycles. The summed E-state index contributed by atoms with van der Waals surface area (Å²) >= 11 is 0. The highest BCUT2D eigenvalue weighted by Gasteiger charge is 2.17. The van der Waals surface area contributed by atoms with Crippen LogP contribution < -0.4 is 5.32 Å². The predicted molar refractivity (Wildman–Crippen MR) is 76.5 cm³/mol. The van der Waals surface area contributed by atoms with Crippen LogP contribution in [0.25, 0.3) is 0 Å². The van der Waals surface area contributed by atoms with Gasteiger partial charge < -0.3 is 20.1 Å². The van der Waals surface area contributed by atoms with Crippen LogP contribution in [-0.2, 0) is 0 Å². The SMILES string of the molecule is Cc1noc(C)c1[C@@H](C)CNC(=O)c1cc(O)cc(O)c1. The Kier molecular flexibility index (Phi) is 4.16. The minimum absolute atomic E-state index is 0.0473. The molecule has 0 aliphatic heterocycles. The molecule has 6 heteroatoms. The van der Waals surface area contributed by atoms with Gasteiger partial charge in [0, 0.05) is 29.7 Å². The third kappa shape index (κ3) is 3.34. The summed E-state index contributed by atoms with van der Waals surface area (Å²) in [6, 6.07) is 3.77. The fourth-order valence-corrected chi connectivity index (χ4v) is 2.37. The maximum absolute atomic E-state index is 12.0. The molecule has 0 saturated carbocycles. The Labute approximate surface area is 122 Å². The summed E-state index contributed by atoms with van der Waals surface area (Å²) < 4.78 is 5.11. The van der Waals surface area contributed by atoms with E-state index in [0.717, 1.165) is 17.0 Å². The second-order valence-electron chi connectivity index (χ2n) is 5.09. The Bertz CT molecular complexity index is 624. The molecular weight excluding hydrogens is 272 g/mol. The third-order valence-electron chi connectivity index (χ3n) is 3.31. The van der Waals surface area contributed by atoms with Gasteiger partial charge in [0.25, 0.3) is 5.91 Å². The van der Waals surface area contributed by atoms with Crippen LogP contribution in [0.1, 0.15) is 40.2 Å². The Morgan fingerprint density at radius 1 is 1.29 bits per heavy atom. The average Bonchev–Trinajstić information content (AvgIpc) is 2.74. The maximum atomic E-state index is 12.0. The normalized spacial score (nSPS) is 12.1. The van der Waals surface area contributed by atoms with Crippen molar-refractivity contribution >= 4 is 5.91 Å². The molecule has 2 aromatic rings. The van der Waals surface area contributed by atoms with E-state index >= 15 is 0 Å². The molecule has 21 heavy (non-hydrogen) atoms. The van der Waals surface area contributed by atoms with Gasteiger partial charge in [-0.1, -0.05) is 12.1 Å². The molecule has 112 valence electrons. The van der Waals surface area contributed by atoms with Crippen molar-refractivity contribution < 1.29 is 19.5 Å². The molecule has 0 fully saturated rings. The number of nitrogens with zero attached hydrogens (tertiary/aromatic N) is 1. The van der Waals surface area contributed by atoms with Crippen LogP contribution in [-0.4, -0.2) is 27.8 Å². The molecule has 0 radical (unpaired) electrons. The summed E-state index contributed by atoms with van der Waals surface area (Å²) in [5.74, 6) is 0.119. The number of phenols is 2. The lowest BCUT2D eigenvalue weighted by molar-refractivity contribution is 0.0950. The highest BCUT2D eigenvalue weighted by atomic mass is 16.5. The number of aromatic hydroxyl groups is 2. The maximum Gasteiger partial charge on any atom is 0.251 e. The molecule has 0 aliphatic carbocycles. The van der Waals surface area contributed by atoms with Gasteiger partial charge in [-0.3, -0.25) is 4.79 Å². The fraction of sp³-hybridized carbons (Fsp3) is 0.333. The molecule has 1 heterocycles. The first-order chi connectivity index (χ1) is 9.88. The number of hydrogen-bond donors (Lipinski definition) is 3. The van der Waals surface area contributed by atoms with Crippen LogP contribution in [0.5, 0.6) is 11.5 Å². The molecule has 6 nitrogen and oxygen atoms in total. The zero-order valence-corrected chi connectivity index (χ0v) is 12.2. The van der Waals surface area contributed by atoms with E-state index in [1.807, 2.05) is 20.8 Å².